The summed E-state index contributed by atoms with van der Waals surface area (Å²) in [4.78, 5) is 0. The third kappa shape index (κ3) is 15.5. The Kier molecular flexibility index (Phi) is 18.4. The Balaban J connectivity index is -0.000000391. The molecule has 0 spiro atoms. The first-order valence-electron chi connectivity index (χ1n) is 10.4. The Morgan fingerprint density at radius 2 is 0.455 bits per heavy atom. The molecule has 0 amide bonds. The minimum atomic E-state index is 0. The molecule has 0 atom stereocenters. The zero-order chi connectivity index (χ0) is 22.8. The van der Waals surface area contributed by atoms with Gasteiger partial charge in [0.2, 0.25) is 0 Å². The molecule has 3 aromatic rings. The first-order chi connectivity index (χ1) is 13.8. The van der Waals surface area contributed by atoms with E-state index in [0.29, 0.717) is 0 Å². The van der Waals surface area contributed by atoms with Gasteiger partial charge in [0, 0.05) is 0 Å². The van der Waals surface area contributed by atoms with E-state index < -0.39 is 0 Å². The van der Waals surface area contributed by atoms with Crippen molar-refractivity contribution in [1.82, 2.24) is 13.4 Å². The lowest BCUT2D eigenvalue weighted by Gasteiger charge is -2.22. The largest absolute Gasteiger partial charge is 1.00 e. The standard InChI is InChI=1S/3C9H14N.3BrH/c3*1-10(2,3)9-7-5-4-6-8-9;;;/h3*4-8H,1-3H3;3*1H/q3*+1;;;/p-3. The van der Waals surface area contributed by atoms with E-state index in [9.17, 15) is 0 Å². The summed E-state index contributed by atoms with van der Waals surface area (Å²) in [5.41, 5.74) is 4.01. The Hall–Kier alpha value is -1.02. The third-order valence-electron chi connectivity index (χ3n) is 4.59. The molecule has 33 heavy (non-hydrogen) atoms. The molecule has 0 aromatic heterocycles. The molecule has 0 unspecified atom stereocenters. The number of nitrogens with zero attached hydrogens (tertiary/aromatic N) is 3. The van der Waals surface area contributed by atoms with E-state index >= 15 is 0 Å². The zero-order valence-corrected chi connectivity index (χ0v) is 26.4. The van der Waals surface area contributed by atoms with Crippen molar-refractivity contribution in [3.05, 3.63) is 91.0 Å². The average Bonchev–Trinajstić information content (AvgIpc) is 2.69. The topological polar surface area (TPSA) is 0 Å². The first kappa shape index (κ1) is 36.5. The maximum Gasteiger partial charge on any atom is 0.132 e. The fraction of sp³-hybridized carbons (Fsp3) is 0.333. The van der Waals surface area contributed by atoms with E-state index in [4.69, 9.17) is 0 Å². The molecule has 0 fully saturated rings. The van der Waals surface area contributed by atoms with Gasteiger partial charge in [0.25, 0.3) is 0 Å². The Bertz CT molecular complexity index is 719. The summed E-state index contributed by atoms with van der Waals surface area (Å²) in [7, 11) is 19.5. The van der Waals surface area contributed by atoms with Crippen LogP contribution in [0.15, 0.2) is 91.0 Å². The van der Waals surface area contributed by atoms with Crippen LogP contribution in [0.25, 0.3) is 0 Å². The summed E-state index contributed by atoms with van der Waals surface area (Å²) < 4.78 is 2.67. The van der Waals surface area contributed by atoms with Crippen molar-refractivity contribution >= 4 is 17.1 Å². The molecule has 0 saturated carbocycles. The minimum Gasteiger partial charge on any atom is -1.00 e. The van der Waals surface area contributed by atoms with Gasteiger partial charge in [-0.15, -0.1) is 0 Å². The van der Waals surface area contributed by atoms with Gasteiger partial charge in [-0.05, 0) is 36.4 Å². The van der Waals surface area contributed by atoms with E-state index in [1.807, 2.05) is 18.2 Å². The molecule has 0 aliphatic heterocycles. The van der Waals surface area contributed by atoms with Crippen LogP contribution in [-0.2, 0) is 0 Å². The molecule has 0 bridgehead atoms. The molecule has 186 valence electrons. The van der Waals surface area contributed by atoms with Gasteiger partial charge < -0.3 is 50.9 Å². The second-order valence-electron chi connectivity index (χ2n) is 10.0. The van der Waals surface area contributed by atoms with E-state index in [-0.39, 0.29) is 50.9 Å². The SMILES string of the molecule is C[N+](C)(C)c1ccccc1.C[N+](C)(C)c1ccccc1.C[N+](C)(C)c1ccccc1.[Br-].[Br-].[Br-]. The number of para-hydroxylation sites is 3. The summed E-state index contributed by atoms with van der Waals surface area (Å²) in [6.45, 7) is 0. The van der Waals surface area contributed by atoms with Crippen molar-refractivity contribution in [1.29, 1.82) is 0 Å². The van der Waals surface area contributed by atoms with Gasteiger partial charge in [0.15, 0.2) is 0 Å². The maximum absolute atomic E-state index is 2.16. The highest BCUT2D eigenvalue weighted by Gasteiger charge is 2.10. The highest BCUT2D eigenvalue weighted by Crippen LogP contribution is 2.15. The summed E-state index contributed by atoms with van der Waals surface area (Å²) >= 11 is 0. The van der Waals surface area contributed by atoms with Crippen LogP contribution in [0.2, 0.25) is 0 Å². The third-order valence-corrected chi connectivity index (χ3v) is 4.59. The lowest BCUT2D eigenvalue weighted by atomic mass is 10.3. The molecule has 0 aliphatic rings. The lowest BCUT2D eigenvalue weighted by Crippen LogP contribution is -3.00. The van der Waals surface area contributed by atoms with Gasteiger partial charge in [0.1, 0.15) is 17.1 Å². The molecular formula is C27H42Br3N3. The maximum atomic E-state index is 2.16. The van der Waals surface area contributed by atoms with E-state index in [1.165, 1.54) is 17.1 Å². The van der Waals surface area contributed by atoms with Crippen LogP contribution in [0, 0.1) is 0 Å². The molecule has 0 radical (unpaired) electrons. The molecule has 0 aliphatic carbocycles. The Morgan fingerprint density at radius 3 is 0.545 bits per heavy atom. The van der Waals surface area contributed by atoms with Crippen LogP contribution in [0.1, 0.15) is 0 Å². The van der Waals surface area contributed by atoms with Crippen molar-refractivity contribution in [3.8, 4) is 0 Å². The summed E-state index contributed by atoms with van der Waals surface area (Å²) in [5, 5.41) is 0. The highest BCUT2D eigenvalue weighted by atomic mass is 79.9. The van der Waals surface area contributed by atoms with Crippen LogP contribution >= 0.6 is 0 Å². The average molecular weight is 648 g/mol. The van der Waals surface area contributed by atoms with Crippen LogP contribution in [-0.4, -0.2) is 63.4 Å². The zero-order valence-electron chi connectivity index (χ0n) is 21.6. The fourth-order valence-corrected chi connectivity index (χ4v) is 2.63. The first-order valence-corrected chi connectivity index (χ1v) is 10.4. The van der Waals surface area contributed by atoms with Gasteiger partial charge in [0.05, 0.1) is 63.4 Å². The van der Waals surface area contributed by atoms with Crippen LogP contribution < -0.4 is 64.4 Å². The van der Waals surface area contributed by atoms with Crippen molar-refractivity contribution < 1.29 is 50.9 Å². The summed E-state index contributed by atoms with van der Waals surface area (Å²) in [6.07, 6.45) is 0. The van der Waals surface area contributed by atoms with Gasteiger partial charge in [-0.2, -0.15) is 0 Å². The monoisotopic (exact) mass is 645 g/mol. The molecular weight excluding hydrogens is 606 g/mol. The van der Waals surface area contributed by atoms with Gasteiger partial charge in [-0.1, -0.05) is 54.6 Å². The number of hydrogen-bond donors (Lipinski definition) is 0. The molecule has 6 heteroatoms. The number of halogens is 3. The smallest absolute Gasteiger partial charge is 0.132 e. The lowest BCUT2D eigenvalue weighted by molar-refractivity contribution is -0.00100. The predicted molar refractivity (Wildman–Crippen MR) is 138 cm³/mol. The molecule has 0 heterocycles. The van der Waals surface area contributed by atoms with Crippen LogP contribution in [0.5, 0.6) is 0 Å². The second-order valence-corrected chi connectivity index (χ2v) is 10.0. The Labute approximate surface area is 234 Å². The minimum absolute atomic E-state index is 0. The number of benzene rings is 3. The van der Waals surface area contributed by atoms with Gasteiger partial charge >= 0.3 is 0 Å². The summed E-state index contributed by atoms with van der Waals surface area (Å²) in [6, 6.07) is 31.4. The van der Waals surface area contributed by atoms with Crippen LogP contribution in [0.3, 0.4) is 0 Å². The van der Waals surface area contributed by atoms with Crippen molar-refractivity contribution in [2.45, 2.75) is 0 Å². The van der Waals surface area contributed by atoms with Crippen molar-refractivity contribution in [3.63, 3.8) is 0 Å². The molecule has 3 rings (SSSR count). The fourth-order valence-electron chi connectivity index (χ4n) is 2.63. The predicted octanol–water partition coefficient (Wildman–Crippen LogP) is -3.34. The normalized spacial score (nSPS) is 10.5. The highest BCUT2D eigenvalue weighted by molar-refractivity contribution is 5.41. The number of rotatable bonds is 3. The van der Waals surface area contributed by atoms with Crippen molar-refractivity contribution in [2.75, 3.05) is 63.4 Å². The van der Waals surface area contributed by atoms with E-state index in [0.717, 1.165) is 13.4 Å². The van der Waals surface area contributed by atoms with Gasteiger partial charge in [-0.25, -0.2) is 0 Å². The second kappa shape index (κ2) is 16.6. The van der Waals surface area contributed by atoms with E-state index in [2.05, 4.69) is 136 Å². The molecule has 0 saturated heterocycles. The number of hydrogen-bond acceptors (Lipinski definition) is 0. The van der Waals surface area contributed by atoms with Crippen LogP contribution in [0.4, 0.5) is 17.1 Å². The molecule has 3 aromatic carbocycles. The van der Waals surface area contributed by atoms with Gasteiger partial charge in [-0.3, -0.25) is 13.4 Å². The number of quaternary nitrogens is 3. The quantitative estimate of drug-likeness (QED) is 0.261. The van der Waals surface area contributed by atoms with E-state index in [1.54, 1.807) is 0 Å². The summed E-state index contributed by atoms with van der Waals surface area (Å²) in [5.74, 6) is 0. The molecule has 3 nitrogen and oxygen atoms in total. The Morgan fingerprint density at radius 1 is 0.303 bits per heavy atom. The molecule has 0 N–H and O–H groups in total. The van der Waals surface area contributed by atoms with Crippen molar-refractivity contribution in [2.24, 2.45) is 0 Å².